The maximum atomic E-state index is 10.3. The summed E-state index contributed by atoms with van der Waals surface area (Å²) in [5.41, 5.74) is 10.5. The number of anilines is 3. The van der Waals surface area contributed by atoms with Crippen molar-refractivity contribution in [2.45, 2.75) is 31.8 Å². The molecule has 184 valence electrons. The fourth-order valence-electron chi connectivity index (χ4n) is 5.84. The Hall–Kier alpha value is -3.83. The molecular formula is C28H31N7O. The number of hydrogen-bond donors (Lipinski definition) is 2. The van der Waals surface area contributed by atoms with Gasteiger partial charge in [0.15, 0.2) is 5.82 Å². The Morgan fingerprint density at radius 2 is 1.81 bits per heavy atom. The number of phenols is 1. The van der Waals surface area contributed by atoms with Crippen molar-refractivity contribution >= 4 is 17.2 Å². The molecule has 0 spiro atoms. The zero-order valence-electron chi connectivity index (χ0n) is 20.5. The van der Waals surface area contributed by atoms with E-state index in [-0.39, 0.29) is 5.75 Å². The molecule has 2 aromatic heterocycles. The first-order chi connectivity index (χ1) is 17.5. The molecule has 2 bridgehead atoms. The summed E-state index contributed by atoms with van der Waals surface area (Å²) < 4.78 is 0. The van der Waals surface area contributed by atoms with Crippen LogP contribution in [0.5, 0.6) is 5.75 Å². The van der Waals surface area contributed by atoms with Gasteiger partial charge in [-0.2, -0.15) is 0 Å². The molecule has 36 heavy (non-hydrogen) atoms. The van der Waals surface area contributed by atoms with E-state index in [0.717, 1.165) is 62.9 Å². The van der Waals surface area contributed by atoms with Gasteiger partial charge in [-0.05, 0) is 55.0 Å². The Bertz CT molecular complexity index is 1310. The Balaban J connectivity index is 1.20. The highest BCUT2D eigenvalue weighted by Gasteiger charge is 2.40. The molecule has 3 aromatic rings. The molecule has 2 atom stereocenters. The van der Waals surface area contributed by atoms with Gasteiger partial charge in [0.25, 0.3) is 0 Å². The molecule has 8 heteroatoms. The summed E-state index contributed by atoms with van der Waals surface area (Å²) in [4.78, 5) is 11.7. The number of aromatic nitrogens is 3. The molecule has 8 nitrogen and oxygen atoms in total. The van der Waals surface area contributed by atoms with Crippen molar-refractivity contribution in [1.29, 1.82) is 0 Å². The number of nitrogens with zero attached hydrogens (tertiary/aromatic N) is 6. The van der Waals surface area contributed by atoms with Gasteiger partial charge >= 0.3 is 0 Å². The van der Waals surface area contributed by atoms with Crippen molar-refractivity contribution in [2.75, 3.05) is 48.3 Å². The predicted octanol–water partition coefficient (Wildman–Crippen LogP) is 2.99. The number of nitrogens with two attached hydrogens (primary N) is 1. The van der Waals surface area contributed by atoms with Crippen LogP contribution in [0.15, 0.2) is 48.7 Å². The van der Waals surface area contributed by atoms with E-state index in [1.54, 1.807) is 12.1 Å². The Kier molecular flexibility index (Phi) is 5.86. The van der Waals surface area contributed by atoms with Gasteiger partial charge in [0.2, 0.25) is 0 Å². The number of fused-ring (bicyclic) bond motifs is 2. The average molecular weight is 482 g/mol. The lowest BCUT2D eigenvalue weighted by Crippen LogP contribution is -2.54. The van der Waals surface area contributed by atoms with Crippen molar-refractivity contribution in [3.63, 3.8) is 0 Å². The van der Waals surface area contributed by atoms with Crippen LogP contribution in [0.3, 0.4) is 0 Å². The highest BCUT2D eigenvalue weighted by molar-refractivity contribution is 5.74. The highest BCUT2D eigenvalue weighted by Crippen LogP contribution is 2.38. The summed E-state index contributed by atoms with van der Waals surface area (Å²) in [6, 6.07) is 14.1. The molecule has 5 heterocycles. The highest BCUT2D eigenvalue weighted by atomic mass is 16.3. The third-order valence-corrected chi connectivity index (χ3v) is 7.50. The van der Waals surface area contributed by atoms with Gasteiger partial charge in [-0.15, -0.1) is 10.2 Å². The van der Waals surface area contributed by atoms with Crippen molar-refractivity contribution < 1.29 is 5.11 Å². The predicted molar refractivity (Wildman–Crippen MR) is 142 cm³/mol. The summed E-state index contributed by atoms with van der Waals surface area (Å²) in [6.07, 6.45) is 4.13. The normalized spacial score (nSPS) is 21.7. The second-order valence-electron chi connectivity index (χ2n) is 10.2. The summed E-state index contributed by atoms with van der Waals surface area (Å²) in [6.45, 7) is 7.06. The zero-order chi connectivity index (χ0) is 24.6. The molecule has 1 aromatic carbocycles. The molecule has 3 saturated heterocycles. The Morgan fingerprint density at radius 1 is 1.03 bits per heavy atom. The topological polar surface area (TPSA) is 94.6 Å². The molecule has 3 aliphatic rings. The van der Waals surface area contributed by atoms with Gasteiger partial charge in [0.1, 0.15) is 11.4 Å². The molecule has 0 aliphatic carbocycles. The molecule has 2 unspecified atom stereocenters. The maximum Gasteiger partial charge on any atom is 0.169 e. The summed E-state index contributed by atoms with van der Waals surface area (Å²) in [7, 11) is 0. The summed E-state index contributed by atoms with van der Waals surface area (Å²) >= 11 is 0. The lowest BCUT2D eigenvalue weighted by Gasteiger charge is -2.43. The van der Waals surface area contributed by atoms with Gasteiger partial charge < -0.3 is 20.6 Å². The number of para-hydroxylation sites is 1. The number of aromatic hydroxyl groups is 1. The van der Waals surface area contributed by atoms with E-state index < -0.39 is 0 Å². The van der Waals surface area contributed by atoms with Crippen LogP contribution in [0, 0.1) is 17.8 Å². The van der Waals surface area contributed by atoms with Gasteiger partial charge in [-0.25, -0.2) is 4.98 Å². The van der Waals surface area contributed by atoms with E-state index in [4.69, 9.17) is 5.73 Å². The number of likely N-dealkylation sites (tertiary alicyclic amines) is 1. The third-order valence-electron chi connectivity index (χ3n) is 7.50. The van der Waals surface area contributed by atoms with Crippen LogP contribution in [-0.4, -0.2) is 70.0 Å². The summed E-state index contributed by atoms with van der Waals surface area (Å²) in [5, 5.41) is 18.7. The van der Waals surface area contributed by atoms with Crippen LogP contribution in [0.25, 0.3) is 11.3 Å². The van der Waals surface area contributed by atoms with Gasteiger partial charge in [-0.3, -0.25) is 4.90 Å². The van der Waals surface area contributed by atoms with E-state index in [1.165, 1.54) is 5.69 Å². The van der Waals surface area contributed by atoms with Gasteiger partial charge in [0.05, 0.1) is 17.9 Å². The quantitative estimate of drug-likeness (QED) is 0.550. The third kappa shape index (κ3) is 4.31. The molecule has 0 radical (unpaired) electrons. The van der Waals surface area contributed by atoms with E-state index >= 15 is 0 Å². The first kappa shape index (κ1) is 22.6. The van der Waals surface area contributed by atoms with Crippen LogP contribution >= 0.6 is 0 Å². The number of hydrogen-bond acceptors (Lipinski definition) is 8. The maximum absolute atomic E-state index is 10.3. The van der Waals surface area contributed by atoms with Crippen LogP contribution in [-0.2, 0) is 0 Å². The van der Waals surface area contributed by atoms with Gasteiger partial charge in [0, 0.05) is 55.7 Å². The number of nitrogen functional groups attached to an aromatic ring is 1. The minimum atomic E-state index is 0.184. The van der Waals surface area contributed by atoms with Crippen molar-refractivity contribution in [3.05, 3.63) is 54.4 Å². The van der Waals surface area contributed by atoms with Crippen molar-refractivity contribution in [2.24, 2.45) is 5.92 Å². The van der Waals surface area contributed by atoms with Crippen LogP contribution in [0.2, 0.25) is 0 Å². The van der Waals surface area contributed by atoms with Crippen molar-refractivity contribution in [1.82, 2.24) is 20.1 Å². The number of piperazine rings is 1. The number of benzene rings is 1. The smallest absolute Gasteiger partial charge is 0.169 e. The fraction of sp³-hybridized carbons (Fsp3) is 0.393. The number of rotatable bonds is 4. The SMILES string of the molecule is CC1CN(CC#Cc2cc(N3C4CCC3CN(c3cc(-c5ccccc5O)nnc3N)C4)ccn2)C1. The standard InChI is InChI=1S/C28H31N7O/c1-19-15-33(16-19)12-4-5-20-13-21(10-11-30-20)35-22-8-9-23(35)18-34(17-22)26-14-25(31-32-28(26)29)24-6-2-3-7-27(24)36/h2-3,6-7,10-11,13-14,19,22-23,36H,8-9,12,15-18H2,1H3,(H2,29,32). The average Bonchev–Trinajstić information content (AvgIpc) is 3.13. The first-order valence-corrected chi connectivity index (χ1v) is 12.7. The second-order valence-corrected chi connectivity index (χ2v) is 10.2. The Labute approximate surface area is 211 Å². The minimum Gasteiger partial charge on any atom is -0.507 e. The van der Waals surface area contributed by atoms with E-state index in [0.29, 0.717) is 29.2 Å². The first-order valence-electron chi connectivity index (χ1n) is 12.7. The molecule has 0 saturated carbocycles. The van der Waals surface area contributed by atoms with Crippen LogP contribution < -0.4 is 15.5 Å². The molecule has 3 N–H and O–H groups in total. The van der Waals surface area contributed by atoms with Crippen molar-refractivity contribution in [3.8, 4) is 28.8 Å². The zero-order valence-corrected chi connectivity index (χ0v) is 20.5. The minimum absolute atomic E-state index is 0.184. The van der Waals surface area contributed by atoms with E-state index in [2.05, 4.69) is 60.8 Å². The van der Waals surface area contributed by atoms with E-state index in [9.17, 15) is 5.11 Å². The van der Waals surface area contributed by atoms with Crippen LogP contribution in [0.4, 0.5) is 17.2 Å². The second kappa shape index (κ2) is 9.32. The molecule has 6 rings (SSSR count). The fourth-order valence-corrected chi connectivity index (χ4v) is 5.84. The van der Waals surface area contributed by atoms with E-state index in [1.807, 2.05) is 24.4 Å². The Morgan fingerprint density at radius 3 is 2.56 bits per heavy atom. The molecule has 3 aliphatic heterocycles. The largest absolute Gasteiger partial charge is 0.507 e. The van der Waals surface area contributed by atoms with Gasteiger partial charge in [-0.1, -0.05) is 25.0 Å². The number of phenolic OH excluding ortho intramolecular Hbond substituents is 1. The lowest BCUT2D eigenvalue weighted by atomic mass is 10.0. The molecule has 0 amide bonds. The van der Waals surface area contributed by atoms with Crippen LogP contribution in [0.1, 0.15) is 25.5 Å². The molecule has 3 fully saturated rings. The summed E-state index contributed by atoms with van der Waals surface area (Å²) in [5.74, 6) is 7.95. The monoisotopic (exact) mass is 481 g/mol. The number of pyridine rings is 1. The lowest BCUT2D eigenvalue weighted by molar-refractivity contribution is 0.132. The molecular weight excluding hydrogens is 450 g/mol.